The lowest BCUT2D eigenvalue weighted by Crippen LogP contribution is -2.35. The zero-order valence-corrected chi connectivity index (χ0v) is 22.2. The zero-order valence-electron chi connectivity index (χ0n) is 20.6. The van der Waals surface area contributed by atoms with Crippen LogP contribution in [0.5, 0.6) is 5.75 Å². The number of hydrogen-bond acceptors (Lipinski definition) is 4. The number of fused-ring (bicyclic) bond motifs is 1. The number of ether oxygens (including phenoxy) is 1. The summed E-state index contributed by atoms with van der Waals surface area (Å²) in [6.45, 7) is 0.126. The number of carbonyl (C=O) groups excluding carboxylic acids is 1. The number of para-hydroxylation sites is 1. The van der Waals surface area contributed by atoms with Gasteiger partial charge in [0.15, 0.2) is 6.61 Å². The van der Waals surface area contributed by atoms with Crippen LogP contribution in [0, 0.1) is 0 Å². The van der Waals surface area contributed by atoms with Crippen LogP contribution in [0.15, 0.2) is 108 Å². The molecule has 0 radical (unpaired) electrons. The number of nitrogens with zero attached hydrogens (tertiary/aromatic N) is 1. The highest BCUT2D eigenvalue weighted by Gasteiger charge is 2.29. The molecule has 4 aromatic carbocycles. The Hall–Kier alpha value is -3.81. The molecule has 0 saturated heterocycles. The molecule has 194 valence electrons. The highest BCUT2D eigenvalue weighted by Crippen LogP contribution is 2.34. The Morgan fingerprint density at radius 2 is 1.53 bits per heavy atom. The summed E-state index contributed by atoms with van der Waals surface area (Å²) < 4.78 is 34.0. The first-order chi connectivity index (χ1) is 18.4. The van der Waals surface area contributed by atoms with E-state index in [2.05, 4.69) is 5.32 Å². The number of nitrogens with one attached hydrogen (secondary N) is 1. The number of carbonyl (C=O) groups is 1. The predicted octanol–water partition coefficient (Wildman–Crippen LogP) is 5.77. The van der Waals surface area contributed by atoms with E-state index in [0.29, 0.717) is 12.2 Å². The molecule has 5 rings (SSSR count). The average molecular weight is 547 g/mol. The lowest BCUT2D eigenvalue weighted by molar-refractivity contribution is -0.123. The van der Waals surface area contributed by atoms with E-state index in [4.69, 9.17) is 16.3 Å². The molecule has 1 amide bonds. The van der Waals surface area contributed by atoms with Crippen molar-refractivity contribution in [1.29, 1.82) is 0 Å². The molecule has 4 aromatic rings. The van der Waals surface area contributed by atoms with Gasteiger partial charge in [0.05, 0.1) is 21.6 Å². The fourth-order valence-electron chi connectivity index (χ4n) is 4.63. The van der Waals surface area contributed by atoms with Gasteiger partial charge in [0.1, 0.15) is 5.75 Å². The summed E-state index contributed by atoms with van der Waals surface area (Å²) in [5.41, 5.74) is 3.58. The number of sulfonamides is 1. The first-order valence-corrected chi connectivity index (χ1v) is 14.2. The molecule has 8 heteroatoms. The monoisotopic (exact) mass is 546 g/mol. The number of anilines is 1. The van der Waals surface area contributed by atoms with E-state index < -0.39 is 10.0 Å². The summed E-state index contributed by atoms with van der Waals surface area (Å²) in [6.07, 6.45) is 1.58. The van der Waals surface area contributed by atoms with Gasteiger partial charge in [-0.1, -0.05) is 90.5 Å². The van der Waals surface area contributed by atoms with Gasteiger partial charge < -0.3 is 10.1 Å². The van der Waals surface area contributed by atoms with Gasteiger partial charge in [-0.15, -0.1) is 0 Å². The molecule has 0 unspecified atom stereocenters. The van der Waals surface area contributed by atoms with E-state index in [9.17, 15) is 13.2 Å². The fourth-order valence-corrected chi connectivity index (χ4v) is 6.50. The van der Waals surface area contributed by atoms with Crippen molar-refractivity contribution in [3.8, 4) is 5.75 Å². The second-order valence-electron chi connectivity index (χ2n) is 9.01. The number of amides is 1. The lowest BCUT2D eigenvalue weighted by atomic mass is 9.99. The molecule has 1 aliphatic heterocycles. The van der Waals surface area contributed by atoms with Crippen molar-refractivity contribution in [2.24, 2.45) is 0 Å². The Labute approximate surface area is 227 Å². The van der Waals surface area contributed by atoms with Crippen molar-refractivity contribution in [3.05, 3.63) is 125 Å². The third-order valence-electron chi connectivity index (χ3n) is 6.49. The Balaban J connectivity index is 1.29. The summed E-state index contributed by atoms with van der Waals surface area (Å²) >= 11 is 6.42. The molecule has 1 N–H and O–H groups in total. The van der Waals surface area contributed by atoms with E-state index >= 15 is 0 Å². The van der Waals surface area contributed by atoms with Crippen LogP contribution in [-0.2, 0) is 21.2 Å². The Morgan fingerprint density at radius 3 is 2.18 bits per heavy atom. The molecule has 0 bridgehead atoms. The highest BCUT2D eigenvalue weighted by atomic mass is 35.5. The summed E-state index contributed by atoms with van der Waals surface area (Å²) in [5.74, 6) is -0.101. The van der Waals surface area contributed by atoms with Crippen LogP contribution in [0.4, 0.5) is 5.69 Å². The maximum Gasteiger partial charge on any atom is 0.264 e. The Kier molecular flexibility index (Phi) is 7.67. The van der Waals surface area contributed by atoms with Crippen LogP contribution < -0.4 is 14.4 Å². The minimum absolute atomic E-state index is 0.0734. The third kappa shape index (κ3) is 5.54. The van der Waals surface area contributed by atoms with Gasteiger partial charge in [-0.05, 0) is 53.8 Å². The van der Waals surface area contributed by atoms with Gasteiger partial charge in [-0.2, -0.15) is 0 Å². The van der Waals surface area contributed by atoms with Crippen LogP contribution in [-0.4, -0.2) is 27.5 Å². The molecule has 1 aliphatic rings. The van der Waals surface area contributed by atoms with Crippen molar-refractivity contribution >= 4 is 33.2 Å². The van der Waals surface area contributed by atoms with Crippen molar-refractivity contribution in [2.45, 2.75) is 23.8 Å². The van der Waals surface area contributed by atoms with Crippen molar-refractivity contribution in [1.82, 2.24) is 5.32 Å². The molecule has 38 heavy (non-hydrogen) atoms. The van der Waals surface area contributed by atoms with Crippen LogP contribution in [0.2, 0.25) is 5.02 Å². The summed E-state index contributed by atoms with van der Waals surface area (Å²) in [7, 11) is -3.81. The summed E-state index contributed by atoms with van der Waals surface area (Å²) in [5, 5.41) is 3.14. The van der Waals surface area contributed by atoms with Gasteiger partial charge in [0, 0.05) is 6.54 Å². The SMILES string of the molecule is O=C(COc1ccc(S(=O)(=O)N2CCCc3ccccc32)cc1Cl)NC(c1ccccc1)c1ccccc1. The molecule has 1 heterocycles. The van der Waals surface area contributed by atoms with E-state index in [1.165, 1.54) is 22.5 Å². The predicted molar refractivity (Wildman–Crippen MR) is 149 cm³/mol. The zero-order chi connectivity index (χ0) is 26.5. The first-order valence-electron chi connectivity index (χ1n) is 12.4. The van der Waals surface area contributed by atoms with Crippen molar-refractivity contribution in [2.75, 3.05) is 17.5 Å². The minimum Gasteiger partial charge on any atom is -0.482 e. The van der Waals surface area contributed by atoms with Gasteiger partial charge in [-0.25, -0.2) is 8.42 Å². The largest absolute Gasteiger partial charge is 0.482 e. The maximum absolute atomic E-state index is 13.4. The topological polar surface area (TPSA) is 75.7 Å². The van der Waals surface area contributed by atoms with Crippen LogP contribution >= 0.6 is 11.6 Å². The normalized spacial score (nSPS) is 13.2. The molecule has 0 aliphatic carbocycles. The quantitative estimate of drug-likeness (QED) is 0.304. The fraction of sp³-hybridized carbons (Fsp3) is 0.167. The molecule has 0 atom stereocenters. The molecule has 0 spiro atoms. The van der Waals surface area contributed by atoms with Crippen LogP contribution in [0.3, 0.4) is 0 Å². The second kappa shape index (κ2) is 11.3. The number of halogens is 1. The molecule has 0 aromatic heterocycles. The molecule has 0 fully saturated rings. The molecular weight excluding hydrogens is 520 g/mol. The second-order valence-corrected chi connectivity index (χ2v) is 11.3. The maximum atomic E-state index is 13.4. The van der Waals surface area contributed by atoms with E-state index in [0.717, 1.165) is 29.5 Å². The standard InChI is InChI=1S/C30H27ClN2O4S/c31-26-20-25(38(35,36)33-19-9-15-22-10-7-8-16-27(22)33)17-18-28(26)37-21-29(34)32-30(23-11-3-1-4-12-23)24-13-5-2-6-14-24/h1-8,10-14,16-18,20,30H,9,15,19,21H2,(H,32,34). The van der Waals surface area contributed by atoms with Gasteiger partial charge in [-0.3, -0.25) is 9.10 Å². The highest BCUT2D eigenvalue weighted by molar-refractivity contribution is 7.92. The Morgan fingerprint density at radius 1 is 0.895 bits per heavy atom. The number of rotatable bonds is 8. The van der Waals surface area contributed by atoms with E-state index in [1.54, 1.807) is 0 Å². The molecule has 6 nitrogen and oxygen atoms in total. The van der Waals surface area contributed by atoms with Crippen LogP contribution in [0.25, 0.3) is 0 Å². The average Bonchev–Trinajstić information content (AvgIpc) is 2.95. The Bertz CT molecular complexity index is 1490. The lowest BCUT2D eigenvalue weighted by Gasteiger charge is -2.30. The summed E-state index contributed by atoms with van der Waals surface area (Å²) in [6, 6.07) is 30.9. The van der Waals surface area contributed by atoms with E-state index in [1.807, 2.05) is 84.9 Å². The smallest absolute Gasteiger partial charge is 0.264 e. The molecular formula is C30H27ClN2O4S. The third-order valence-corrected chi connectivity index (χ3v) is 8.59. The van der Waals surface area contributed by atoms with Gasteiger partial charge in [0.2, 0.25) is 0 Å². The van der Waals surface area contributed by atoms with E-state index in [-0.39, 0.29) is 34.2 Å². The number of benzene rings is 4. The summed E-state index contributed by atoms with van der Waals surface area (Å²) in [4.78, 5) is 12.9. The minimum atomic E-state index is -3.81. The number of aryl methyl sites for hydroxylation is 1. The van der Waals surface area contributed by atoms with Crippen molar-refractivity contribution in [3.63, 3.8) is 0 Å². The van der Waals surface area contributed by atoms with Gasteiger partial charge >= 0.3 is 0 Å². The molecule has 0 saturated carbocycles. The van der Waals surface area contributed by atoms with Crippen LogP contribution in [0.1, 0.15) is 29.2 Å². The van der Waals surface area contributed by atoms with Gasteiger partial charge in [0.25, 0.3) is 15.9 Å². The van der Waals surface area contributed by atoms with Crippen molar-refractivity contribution < 1.29 is 17.9 Å². The first kappa shape index (κ1) is 25.8. The number of hydrogen-bond donors (Lipinski definition) is 1.